The number of halogens is 2. The fourth-order valence-corrected chi connectivity index (χ4v) is 4.08. The van der Waals surface area contributed by atoms with Crippen LogP contribution in [0.2, 0.25) is 0 Å². The maximum atomic E-state index is 12.1. The third-order valence-corrected chi connectivity index (χ3v) is 5.32. The van der Waals surface area contributed by atoms with Crippen LogP contribution in [0, 0.1) is 0 Å². The van der Waals surface area contributed by atoms with Crippen molar-refractivity contribution in [3.05, 3.63) is 39.5 Å². The number of carbonyl (C=O) groups excluding carboxylic acids is 1. The molecule has 0 radical (unpaired) electrons. The number of nitrogens with one attached hydrogen (secondary N) is 1. The van der Waals surface area contributed by atoms with Gasteiger partial charge >= 0.3 is 0 Å². The number of nitrogens with zero attached hydrogens (tertiary/aromatic N) is 2. The molecule has 0 saturated heterocycles. The van der Waals surface area contributed by atoms with E-state index in [2.05, 4.69) is 42.2 Å². The SMILES string of the molecule is Cn1ccnc1S(=O)(=O)CC(=O)Nc1ccc(Br)cc1Br. The highest BCUT2D eigenvalue weighted by molar-refractivity contribution is 9.11. The summed E-state index contributed by atoms with van der Waals surface area (Å²) >= 11 is 6.59. The Morgan fingerprint density at radius 1 is 1.38 bits per heavy atom. The second-order valence-corrected chi connectivity index (χ2v) is 7.91. The molecule has 1 aromatic carbocycles. The van der Waals surface area contributed by atoms with E-state index in [4.69, 9.17) is 0 Å². The number of aromatic nitrogens is 2. The van der Waals surface area contributed by atoms with E-state index in [-0.39, 0.29) is 5.16 Å². The molecule has 0 atom stereocenters. The van der Waals surface area contributed by atoms with Gasteiger partial charge < -0.3 is 9.88 Å². The summed E-state index contributed by atoms with van der Waals surface area (Å²) in [6.45, 7) is 0. The van der Waals surface area contributed by atoms with E-state index in [0.29, 0.717) is 10.2 Å². The smallest absolute Gasteiger partial charge is 0.240 e. The predicted octanol–water partition coefficient (Wildman–Crippen LogP) is 2.36. The highest BCUT2D eigenvalue weighted by Gasteiger charge is 2.23. The maximum absolute atomic E-state index is 12.1. The quantitative estimate of drug-likeness (QED) is 0.797. The zero-order valence-corrected chi connectivity index (χ0v) is 14.9. The van der Waals surface area contributed by atoms with Gasteiger partial charge in [0.05, 0.1) is 5.69 Å². The largest absolute Gasteiger partial charge is 0.325 e. The molecule has 112 valence electrons. The van der Waals surface area contributed by atoms with Gasteiger partial charge in [0.25, 0.3) is 0 Å². The summed E-state index contributed by atoms with van der Waals surface area (Å²) in [5.41, 5.74) is 0.498. The van der Waals surface area contributed by atoms with Gasteiger partial charge in [-0.15, -0.1) is 0 Å². The van der Waals surface area contributed by atoms with Crippen molar-refractivity contribution in [3.63, 3.8) is 0 Å². The van der Waals surface area contributed by atoms with E-state index < -0.39 is 21.5 Å². The Balaban J connectivity index is 2.13. The van der Waals surface area contributed by atoms with Crippen LogP contribution >= 0.6 is 31.9 Å². The molecule has 6 nitrogen and oxygen atoms in total. The maximum Gasteiger partial charge on any atom is 0.240 e. The van der Waals surface area contributed by atoms with E-state index in [1.54, 1.807) is 25.2 Å². The first-order chi connectivity index (χ1) is 9.79. The minimum atomic E-state index is -3.77. The molecule has 9 heteroatoms. The third-order valence-electron chi connectivity index (χ3n) is 2.58. The van der Waals surface area contributed by atoms with Crippen molar-refractivity contribution in [1.29, 1.82) is 0 Å². The van der Waals surface area contributed by atoms with Gasteiger partial charge in [0.1, 0.15) is 5.75 Å². The van der Waals surface area contributed by atoms with Gasteiger partial charge in [-0.25, -0.2) is 13.4 Å². The Hall–Kier alpha value is -1.19. The number of anilines is 1. The minimum Gasteiger partial charge on any atom is -0.325 e. The number of rotatable bonds is 4. The molecule has 0 bridgehead atoms. The molecule has 1 aromatic heterocycles. The van der Waals surface area contributed by atoms with E-state index in [9.17, 15) is 13.2 Å². The molecule has 0 saturated carbocycles. The van der Waals surface area contributed by atoms with Crippen LogP contribution in [0.25, 0.3) is 0 Å². The Kier molecular flexibility index (Phi) is 4.84. The monoisotopic (exact) mass is 435 g/mol. The van der Waals surface area contributed by atoms with E-state index >= 15 is 0 Å². The van der Waals surface area contributed by atoms with Crippen molar-refractivity contribution >= 4 is 53.3 Å². The van der Waals surface area contributed by atoms with Crippen LogP contribution in [0.5, 0.6) is 0 Å². The lowest BCUT2D eigenvalue weighted by Crippen LogP contribution is -2.24. The molecule has 0 aliphatic heterocycles. The molecule has 1 N–H and O–H groups in total. The minimum absolute atomic E-state index is 0.132. The predicted molar refractivity (Wildman–Crippen MR) is 85.7 cm³/mol. The standard InChI is InChI=1S/C12H11Br2N3O3S/c1-17-5-4-15-12(17)21(19,20)7-11(18)16-10-3-2-8(13)6-9(10)14/h2-6H,7H2,1H3,(H,16,18). The molecule has 1 heterocycles. The lowest BCUT2D eigenvalue weighted by Gasteiger charge is -2.08. The molecule has 0 aliphatic rings. The molecule has 21 heavy (non-hydrogen) atoms. The van der Waals surface area contributed by atoms with Crippen LogP contribution in [0.1, 0.15) is 0 Å². The molecular weight excluding hydrogens is 426 g/mol. The zero-order chi connectivity index (χ0) is 15.6. The fraction of sp³-hybridized carbons (Fsp3) is 0.167. The van der Waals surface area contributed by atoms with Crippen LogP contribution in [-0.2, 0) is 21.7 Å². The molecule has 0 unspecified atom stereocenters. The van der Waals surface area contributed by atoms with Crippen LogP contribution in [0.3, 0.4) is 0 Å². The Morgan fingerprint density at radius 3 is 2.67 bits per heavy atom. The summed E-state index contributed by atoms with van der Waals surface area (Å²) in [4.78, 5) is 15.7. The highest BCUT2D eigenvalue weighted by Crippen LogP contribution is 2.26. The zero-order valence-electron chi connectivity index (χ0n) is 10.9. The number of hydrogen-bond donors (Lipinski definition) is 1. The molecule has 2 aromatic rings. The van der Waals surface area contributed by atoms with Gasteiger partial charge in [-0.1, -0.05) is 15.9 Å². The van der Waals surface area contributed by atoms with E-state index in [1.807, 2.05) is 0 Å². The molecule has 2 rings (SSSR count). The highest BCUT2D eigenvalue weighted by atomic mass is 79.9. The first-order valence-electron chi connectivity index (χ1n) is 5.74. The number of amides is 1. The van der Waals surface area contributed by atoms with Crippen molar-refractivity contribution in [3.8, 4) is 0 Å². The van der Waals surface area contributed by atoms with Crippen LogP contribution in [-0.4, -0.2) is 29.6 Å². The summed E-state index contributed by atoms with van der Waals surface area (Å²) in [5.74, 6) is -1.29. The second kappa shape index (κ2) is 6.29. The number of sulfone groups is 1. The Labute approximate surface area is 138 Å². The average Bonchev–Trinajstić information content (AvgIpc) is 2.79. The van der Waals surface area contributed by atoms with Crippen molar-refractivity contribution in [2.75, 3.05) is 11.1 Å². The third kappa shape index (κ3) is 3.92. The number of benzene rings is 1. The van der Waals surface area contributed by atoms with Crippen molar-refractivity contribution in [1.82, 2.24) is 9.55 Å². The summed E-state index contributed by atoms with van der Waals surface area (Å²) in [6, 6.07) is 5.16. The normalized spacial score (nSPS) is 11.4. The van der Waals surface area contributed by atoms with Gasteiger partial charge in [-0.2, -0.15) is 0 Å². The van der Waals surface area contributed by atoms with Crippen LogP contribution < -0.4 is 5.32 Å². The summed E-state index contributed by atoms with van der Waals surface area (Å²) in [6.07, 6.45) is 2.88. The van der Waals surface area contributed by atoms with Gasteiger partial charge in [-0.3, -0.25) is 4.79 Å². The fourth-order valence-electron chi connectivity index (χ4n) is 1.67. The first kappa shape index (κ1) is 16.2. The van der Waals surface area contributed by atoms with Crippen LogP contribution in [0.4, 0.5) is 5.69 Å². The molecule has 0 spiro atoms. The first-order valence-corrected chi connectivity index (χ1v) is 8.98. The van der Waals surface area contributed by atoms with Crippen molar-refractivity contribution < 1.29 is 13.2 Å². The van der Waals surface area contributed by atoms with Crippen LogP contribution in [0.15, 0.2) is 44.7 Å². The Bertz CT molecular complexity index is 787. The average molecular weight is 437 g/mol. The Morgan fingerprint density at radius 2 is 2.10 bits per heavy atom. The van der Waals surface area contributed by atoms with Gasteiger partial charge in [0, 0.05) is 28.4 Å². The number of hydrogen-bond acceptors (Lipinski definition) is 4. The van der Waals surface area contributed by atoms with Crippen molar-refractivity contribution in [2.45, 2.75) is 5.16 Å². The van der Waals surface area contributed by atoms with Gasteiger partial charge in [0.15, 0.2) is 0 Å². The second-order valence-electron chi connectivity index (χ2n) is 4.25. The van der Waals surface area contributed by atoms with Crippen molar-refractivity contribution in [2.24, 2.45) is 7.05 Å². The molecule has 0 fully saturated rings. The summed E-state index contributed by atoms with van der Waals surface area (Å²) in [7, 11) is -2.21. The van der Waals surface area contributed by atoms with Gasteiger partial charge in [0.2, 0.25) is 20.9 Å². The topological polar surface area (TPSA) is 81.1 Å². The number of carbonyl (C=O) groups is 1. The van der Waals surface area contributed by atoms with Gasteiger partial charge in [-0.05, 0) is 34.1 Å². The lowest BCUT2D eigenvalue weighted by atomic mass is 10.3. The van der Waals surface area contributed by atoms with E-state index in [1.165, 1.54) is 17.0 Å². The molecule has 0 aliphatic carbocycles. The molecule has 1 amide bonds. The number of aryl methyl sites for hydroxylation is 1. The van der Waals surface area contributed by atoms with E-state index in [0.717, 1.165) is 4.47 Å². The lowest BCUT2D eigenvalue weighted by molar-refractivity contribution is -0.113. The summed E-state index contributed by atoms with van der Waals surface area (Å²) in [5, 5.41) is 2.42. The molecular formula is C12H11Br2N3O3S. The number of imidazole rings is 1. The summed E-state index contributed by atoms with van der Waals surface area (Å²) < 4.78 is 27.0.